The minimum absolute atomic E-state index is 0.136. The van der Waals surface area contributed by atoms with Crippen molar-refractivity contribution in [2.24, 2.45) is 0 Å². The summed E-state index contributed by atoms with van der Waals surface area (Å²) >= 11 is 0. The van der Waals surface area contributed by atoms with Gasteiger partial charge < -0.3 is 24.6 Å². The number of rotatable bonds is 4. The summed E-state index contributed by atoms with van der Waals surface area (Å²) in [5.41, 5.74) is 2.92. The van der Waals surface area contributed by atoms with Crippen molar-refractivity contribution in [2.45, 2.75) is 6.92 Å². The molecule has 1 aliphatic rings. The van der Waals surface area contributed by atoms with E-state index in [1.807, 2.05) is 17.2 Å². The molecular formula is C19H24N4O3. The molecule has 0 radical (unpaired) electrons. The molecule has 2 aromatic rings. The number of ether oxygens (including phenoxy) is 2. The summed E-state index contributed by atoms with van der Waals surface area (Å²) in [6, 6.07) is 7.21. The second-order valence-corrected chi connectivity index (χ2v) is 6.13. The van der Waals surface area contributed by atoms with E-state index in [4.69, 9.17) is 9.47 Å². The van der Waals surface area contributed by atoms with Crippen molar-refractivity contribution in [3.8, 4) is 11.5 Å². The van der Waals surface area contributed by atoms with E-state index in [1.54, 1.807) is 38.6 Å². The summed E-state index contributed by atoms with van der Waals surface area (Å²) < 4.78 is 10.5. The molecular weight excluding hydrogens is 332 g/mol. The van der Waals surface area contributed by atoms with Crippen molar-refractivity contribution in [1.29, 1.82) is 0 Å². The van der Waals surface area contributed by atoms with Crippen molar-refractivity contribution in [2.75, 3.05) is 50.6 Å². The lowest BCUT2D eigenvalue weighted by atomic mass is 10.2. The van der Waals surface area contributed by atoms with Crippen LogP contribution in [0.4, 0.5) is 16.2 Å². The number of carbonyl (C=O) groups is 1. The maximum absolute atomic E-state index is 12.6. The van der Waals surface area contributed by atoms with Crippen LogP contribution in [0.15, 0.2) is 36.7 Å². The second kappa shape index (κ2) is 7.95. The fourth-order valence-corrected chi connectivity index (χ4v) is 3.08. The van der Waals surface area contributed by atoms with Crippen molar-refractivity contribution in [3.05, 3.63) is 42.2 Å². The first-order valence-corrected chi connectivity index (χ1v) is 8.56. The fourth-order valence-electron chi connectivity index (χ4n) is 3.08. The Morgan fingerprint density at radius 3 is 2.54 bits per heavy atom. The highest BCUT2D eigenvalue weighted by Crippen LogP contribution is 2.29. The molecule has 1 N–H and O–H groups in total. The summed E-state index contributed by atoms with van der Waals surface area (Å²) in [5, 5.41) is 2.93. The summed E-state index contributed by atoms with van der Waals surface area (Å²) in [7, 11) is 3.17. The summed E-state index contributed by atoms with van der Waals surface area (Å²) in [4.78, 5) is 20.9. The molecule has 7 nitrogen and oxygen atoms in total. The highest BCUT2D eigenvalue weighted by atomic mass is 16.5. The molecule has 7 heteroatoms. The minimum atomic E-state index is -0.136. The van der Waals surface area contributed by atoms with Gasteiger partial charge in [-0.1, -0.05) is 0 Å². The van der Waals surface area contributed by atoms with E-state index in [-0.39, 0.29) is 6.03 Å². The largest absolute Gasteiger partial charge is 0.497 e. The Hall–Kier alpha value is -2.96. The molecule has 0 unspecified atom stereocenters. The first-order valence-electron chi connectivity index (χ1n) is 8.56. The fraction of sp³-hybridized carbons (Fsp3) is 0.368. The number of nitrogens with zero attached hydrogens (tertiary/aromatic N) is 3. The Bertz CT molecular complexity index is 773. The Labute approximate surface area is 153 Å². The number of pyridine rings is 1. The van der Waals surface area contributed by atoms with Crippen LogP contribution >= 0.6 is 0 Å². The van der Waals surface area contributed by atoms with Crippen molar-refractivity contribution >= 4 is 17.4 Å². The van der Waals surface area contributed by atoms with Gasteiger partial charge in [0.25, 0.3) is 0 Å². The van der Waals surface area contributed by atoms with Crippen LogP contribution in [-0.2, 0) is 0 Å². The van der Waals surface area contributed by atoms with Crippen LogP contribution in [-0.4, -0.2) is 56.3 Å². The lowest BCUT2D eigenvalue weighted by Gasteiger charge is -2.36. The lowest BCUT2D eigenvalue weighted by molar-refractivity contribution is 0.208. The Morgan fingerprint density at radius 1 is 1.12 bits per heavy atom. The van der Waals surface area contributed by atoms with E-state index in [2.05, 4.69) is 22.1 Å². The van der Waals surface area contributed by atoms with Gasteiger partial charge in [0.1, 0.15) is 11.5 Å². The van der Waals surface area contributed by atoms with Gasteiger partial charge >= 0.3 is 6.03 Å². The molecule has 0 bridgehead atoms. The summed E-state index contributed by atoms with van der Waals surface area (Å²) in [5.74, 6) is 1.27. The summed E-state index contributed by atoms with van der Waals surface area (Å²) in [6.07, 6.45) is 3.67. The highest BCUT2D eigenvalue weighted by Gasteiger charge is 2.23. The van der Waals surface area contributed by atoms with Crippen LogP contribution in [0, 0.1) is 6.92 Å². The van der Waals surface area contributed by atoms with Gasteiger partial charge in [-0.05, 0) is 30.7 Å². The molecule has 1 aliphatic heterocycles. The van der Waals surface area contributed by atoms with Crippen molar-refractivity contribution < 1.29 is 14.3 Å². The molecule has 1 aromatic heterocycles. The van der Waals surface area contributed by atoms with E-state index in [0.717, 1.165) is 18.7 Å². The van der Waals surface area contributed by atoms with E-state index in [1.165, 1.54) is 5.69 Å². The molecule has 3 rings (SSSR count). The van der Waals surface area contributed by atoms with Crippen molar-refractivity contribution in [1.82, 2.24) is 9.88 Å². The number of benzene rings is 1. The number of methoxy groups -OCH3 is 2. The van der Waals surface area contributed by atoms with Crippen LogP contribution in [0.25, 0.3) is 0 Å². The number of nitrogens with one attached hydrogen (secondary N) is 1. The van der Waals surface area contributed by atoms with Gasteiger partial charge in [-0.3, -0.25) is 4.98 Å². The van der Waals surface area contributed by atoms with Gasteiger partial charge in [0, 0.05) is 50.3 Å². The van der Waals surface area contributed by atoms with E-state index < -0.39 is 0 Å². The lowest BCUT2D eigenvalue weighted by Crippen LogP contribution is -2.50. The van der Waals surface area contributed by atoms with Crippen LogP contribution in [0.2, 0.25) is 0 Å². The molecule has 2 amide bonds. The maximum Gasteiger partial charge on any atom is 0.322 e. The zero-order valence-electron chi connectivity index (χ0n) is 15.4. The highest BCUT2D eigenvalue weighted by molar-refractivity contribution is 5.91. The molecule has 0 spiro atoms. The standard InChI is InChI=1S/C19H24N4O3/c1-14-13-20-7-6-17(14)22-8-10-23(11-9-22)19(24)21-16-12-15(25-2)4-5-18(16)26-3/h4-7,12-13H,8-11H2,1-3H3,(H,21,24). The average molecular weight is 356 g/mol. The predicted octanol–water partition coefficient (Wildman–Crippen LogP) is 2.76. The number of aromatic nitrogens is 1. The first-order chi connectivity index (χ1) is 12.6. The van der Waals surface area contributed by atoms with E-state index in [0.29, 0.717) is 30.3 Å². The molecule has 1 fully saturated rings. The van der Waals surface area contributed by atoms with Gasteiger partial charge in [0.15, 0.2) is 0 Å². The average Bonchev–Trinajstić information content (AvgIpc) is 2.68. The van der Waals surface area contributed by atoms with E-state index >= 15 is 0 Å². The maximum atomic E-state index is 12.6. The van der Waals surface area contributed by atoms with Crippen molar-refractivity contribution in [3.63, 3.8) is 0 Å². The minimum Gasteiger partial charge on any atom is -0.497 e. The monoisotopic (exact) mass is 356 g/mol. The summed E-state index contributed by atoms with van der Waals surface area (Å²) in [6.45, 7) is 4.93. The number of urea groups is 1. The van der Waals surface area contributed by atoms with Crippen LogP contribution in [0.5, 0.6) is 11.5 Å². The first kappa shape index (κ1) is 17.8. The van der Waals surface area contributed by atoms with Crippen LogP contribution in [0.1, 0.15) is 5.56 Å². The number of amides is 2. The molecule has 0 saturated carbocycles. The van der Waals surface area contributed by atoms with E-state index in [9.17, 15) is 4.79 Å². The second-order valence-electron chi connectivity index (χ2n) is 6.13. The molecule has 1 aromatic carbocycles. The number of anilines is 2. The smallest absolute Gasteiger partial charge is 0.322 e. The Balaban J connectivity index is 1.63. The SMILES string of the molecule is COc1ccc(OC)c(NC(=O)N2CCN(c3ccncc3C)CC2)c1. The number of piperazine rings is 1. The molecule has 0 atom stereocenters. The molecule has 138 valence electrons. The Kier molecular flexibility index (Phi) is 5.46. The van der Waals surface area contributed by atoms with Gasteiger partial charge in [0.2, 0.25) is 0 Å². The van der Waals surface area contributed by atoms with Gasteiger partial charge in [-0.2, -0.15) is 0 Å². The normalized spacial score (nSPS) is 14.1. The number of aryl methyl sites for hydroxylation is 1. The zero-order valence-corrected chi connectivity index (χ0v) is 15.4. The van der Waals surface area contributed by atoms with Crippen LogP contribution in [0.3, 0.4) is 0 Å². The van der Waals surface area contributed by atoms with Gasteiger partial charge in [0.05, 0.1) is 19.9 Å². The van der Waals surface area contributed by atoms with Crippen LogP contribution < -0.4 is 19.7 Å². The zero-order chi connectivity index (χ0) is 18.5. The molecule has 1 saturated heterocycles. The number of carbonyl (C=O) groups excluding carboxylic acids is 1. The Morgan fingerprint density at radius 2 is 1.88 bits per heavy atom. The third-order valence-corrected chi connectivity index (χ3v) is 4.55. The quantitative estimate of drug-likeness (QED) is 0.912. The molecule has 2 heterocycles. The third-order valence-electron chi connectivity index (χ3n) is 4.55. The third kappa shape index (κ3) is 3.82. The number of hydrogen-bond acceptors (Lipinski definition) is 5. The predicted molar refractivity (Wildman–Crippen MR) is 101 cm³/mol. The topological polar surface area (TPSA) is 66.9 Å². The van der Waals surface area contributed by atoms with Gasteiger partial charge in [-0.25, -0.2) is 4.79 Å². The number of hydrogen-bond donors (Lipinski definition) is 1. The van der Waals surface area contributed by atoms with Gasteiger partial charge in [-0.15, -0.1) is 0 Å². The molecule has 26 heavy (non-hydrogen) atoms. The molecule has 0 aliphatic carbocycles.